The summed E-state index contributed by atoms with van der Waals surface area (Å²) in [6.45, 7) is 9.97. The topological polar surface area (TPSA) is 66.9 Å². The average molecular weight is 312 g/mol. The van der Waals surface area contributed by atoms with Gasteiger partial charge < -0.3 is 10.6 Å². The normalized spacial score (nSPS) is 11.2. The number of nitrogens with one attached hydrogen (secondary N) is 2. The van der Waals surface area contributed by atoms with Gasteiger partial charge in [-0.25, -0.2) is 9.97 Å². The van der Waals surface area contributed by atoms with Crippen molar-refractivity contribution in [1.82, 2.24) is 9.97 Å². The van der Waals surface area contributed by atoms with Gasteiger partial charge in [0.05, 0.1) is 0 Å². The molecule has 0 bridgehead atoms. The largest absolute Gasteiger partial charge is 0.365 e. The first-order valence-electron chi connectivity index (χ1n) is 7.81. The number of amides is 1. The second-order valence-electron chi connectivity index (χ2n) is 6.53. The molecule has 5 nitrogen and oxygen atoms in total. The maximum absolute atomic E-state index is 12.5. The van der Waals surface area contributed by atoms with Gasteiger partial charge in [0.15, 0.2) is 0 Å². The van der Waals surface area contributed by atoms with Gasteiger partial charge in [-0.1, -0.05) is 25.1 Å². The number of aromatic nitrogens is 2. The molecule has 0 saturated heterocycles. The van der Waals surface area contributed by atoms with Crippen LogP contribution in [0.15, 0.2) is 30.3 Å². The molecule has 5 heteroatoms. The molecule has 0 unspecified atom stereocenters. The first-order valence-corrected chi connectivity index (χ1v) is 7.81. The van der Waals surface area contributed by atoms with E-state index in [0.29, 0.717) is 17.3 Å². The quantitative estimate of drug-likeness (QED) is 0.901. The lowest BCUT2D eigenvalue weighted by atomic mass is 10.1. The smallest absolute Gasteiger partial charge is 0.274 e. The highest BCUT2D eigenvalue weighted by Crippen LogP contribution is 2.18. The summed E-state index contributed by atoms with van der Waals surface area (Å²) in [5.41, 5.74) is 2.14. The maximum Gasteiger partial charge on any atom is 0.274 e. The van der Waals surface area contributed by atoms with E-state index in [1.165, 1.54) is 0 Å². The fraction of sp³-hybridized carbons (Fsp3) is 0.389. The van der Waals surface area contributed by atoms with Crippen molar-refractivity contribution in [3.63, 3.8) is 0 Å². The Hall–Kier alpha value is -2.43. The van der Waals surface area contributed by atoms with Crippen LogP contribution in [0, 0.1) is 6.92 Å². The molecule has 1 aromatic carbocycles. The molecule has 122 valence electrons. The van der Waals surface area contributed by atoms with Crippen LogP contribution in [-0.4, -0.2) is 21.4 Å². The van der Waals surface area contributed by atoms with Crippen LogP contribution in [0.2, 0.25) is 0 Å². The van der Waals surface area contributed by atoms with E-state index in [2.05, 4.69) is 27.5 Å². The van der Waals surface area contributed by atoms with Crippen molar-refractivity contribution in [2.45, 2.75) is 46.6 Å². The summed E-state index contributed by atoms with van der Waals surface area (Å²) in [6, 6.07) is 9.47. The molecule has 0 aliphatic heterocycles. The number of anilines is 2. The molecule has 2 rings (SSSR count). The number of hydrogen-bond donors (Lipinski definition) is 2. The summed E-state index contributed by atoms with van der Waals surface area (Å²) >= 11 is 0. The van der Waals surface area contributed by atoms with Crippen LogP contribution in [0.5, 0.6) is 0 Å². The van der Waals surface area contributed by atoms with E-state index in [9.17, 15) is 4.79 Å². The summed E-state index contributed by atoms with van der Waals surface area (Å²) in [5.74, 6) is 0.987. The minimum Gasteiger partial charge on any atom is -0.365 e. The summed E-state index contributed by atoms with van der Waals surface area (Å²) in [7, 11) is 0. The maximum atomic E-state index is 12.5. The van der Waals surface area contributed by atoms with E-state index >= 15 is 0 Å². The SMILES string of the molecule is CCc1ccccc1NC(=O)c1cc(NC(C)(C)C)nc(C)n1. The molecule has 0 spiro atoms. The molecule has 0 saturated carbocycles. The molecule has 2 N–H and O–H groups in total. The fourth-order valence-corrected chi connectivity index (χ4v) is 2.27. The zero-order valence-corrected chi connectivity index (χ0v) is 14.4. The second kappa shape index (κ2) is 6.77. The highest BCUT2D eigenvalue weighted by Gasteiger charge is 2.15. The van der Waals surface area contributed by atoms with Gasteiger partial charge in [-0.15, -0.1) is 0 Å². The van der Waals surface area contributed by atoms with Crippen molar-refractivity contribution in [3.8, 4) is 0 Å². The second-order valence-corrected chi connectivity index (χ2v) is 6.53. The minimum atomic E-state index is -0.228. The van der Waals surface area contributed by atoms with Crippen LogP contribution < -0.4 is 10.6 Å². The van der Waals surface area contributed by atoms with E-state index in [4.69, 9.17) is 0 Å². The first kappa shape index (κ1) is 16.9. The third-order valence-electron chi connectivity index (χ3n) is 3.22. The number of carbonyl (C=O) groups is 1. The van der Waals surface area contributed by atoms with Crippen molar-refractivity contribution in [2.24, 2.45) is 0 Å². The van der Waals surface area contributed by atoms with Crippen LogP contribution in [0.3, 0.4) is 0 Å². The third kappa shape index (κ3) is 4.77. The number of benzene rings is 1. The predicted octanol–water partition coefficient (Wildman–Crippen LogP) is 3.81. The van der Waals surface area contributed by atoms with Crippen LogP contribution in [-0.2, 0) is 6.42 Å². The molecule has 0 atom stereocenters. The monoisotopic (exact) mass is 312 g/mol. The van der Waals surface area contributed by atoms with E-state index in [1.54, 1.807) is 13.0 Å². The number of rotatable bonds is 4. The number of para-hydroxylation sites is 1. The molecule has 0 aliphatic rings. The van der Waals surface area contributed by atoms with E-state index in [-0.39, 0.29) is 11.4 Å². The van der Waals surface area contributed by atoms with Gasteiger partial charge in [0.1, 0.15) is 17.3 Å². The molecular weight excluding hydrogens is 288 g/mol. The van der Waals surface area contributed by atoms with E-state index in [0.717, 1.165) is 17.7 Å². The number of aryl methyl sites for hydroxylation is 2. The van der Waals surface area contributed by atoms with Crippen molar-refractivity contribution in [1.29, 1.82) is 0 Å². The highest BCUT2D eigenvalue weighted by molar-refractivity contribution is 6.03. The predicted molar refractivity (Wildman–Crippen MR) is 93.9 cm³/mol. The van der Waals surface area contributed by atoms with E-state index < -0.39 is 0 Å². The van der Waals surface area contributed by atoms with Crippen LogP contribution in [0.1, 0.15) is 49.6 Å². The van der Waals surface area contributed by atoms with Crippen LogP contribution >= 0.6 is 0 Å². The fourth-order valence-electron chi connectivity index (χ4n) is 2.27. The Balaban J connectivity index is 2.25. The molecule has 23 heavy (non-hydrogen) atoms. The molecule has 1 amide bonds. The number of nitrogens with zero attached hydrogens (tertiary/aromatic N) is 2. The first-order chi connectivity index (χ1) is 10.8. The van der Waals surface area contributed by atoms with Gasteiger partial charge in [-0.3, -0.25) is 4.79 Å². The summed E-state index contributed by atoms with van der Waals surface area (Å²) < 4.78 is 0. The Bertz CT molecular complexity index is 704. The Morgan fingerprint density at radius 1 is 1.17 bits per heavy atom. The van der Waals surface area contributed by atoms with Crippen molar-refractivity contribution >= 4 is 17.4 Å². The lowest BCUT2D eigenvalue weighted by Gasteiger charge is -2.21. The van der Waals surface area contributed by atoms with Gasteiger partial charge in [-0.05, 0) is 45.7 Å². The minimum absolute atomic E-state index is 0.136. The molecule has 2 aromatic rings. The number of carbonyl (C=O) groups excluding carboxylic acids is 1. The third-order valence-corrected chi connectivity index (χ3v) is 3.22. The summed E-state index contributed by atoms with van der Waals surface area (Å²) in [6.07, 6.45) is 0.857. The Kier molecular flexibility index (Phi) is 4.98. The van der Waals surface area contributed by atoms with Crippen molar-refractivity contribution < 1.29 is 4.79 Å². The Labute approximate surface area is 137 Å². The molecular formula is C18H24N4O. The van der Waals surface area contributed by atoms with E-state index in [1.807, 2.05) is 45.0 Å². The van der Waals surface area contributed by atoms with Gasteiger partial charge in [0.2, 0.25) is 0 Å². The lowest BCUT2D eigenvalue weighted by Crippen LogP contribution is -2.27. The molecule has 1 aromatic heterocycles. The van der Waals surface area contributed by atoms with Crippen molar-refractivity contribution in [3.05, 3.63) is 47.4 Å². The lowest BCUT2D eigenvalue weighted by molar-refractivity contribution is 0.102. The molecule has 0 aliphatic carbocycles. The molecule has 0 fully saturated rings. The van der Waals surface area contributed by atoms with Gasteiger partial charge in [0, 0.05) is 17.3 Å². The molecule has 1 heterocycles. The highest BCUT2D eigenvalue weighted by atomic mass is 16.1. The molecule has 0 radical (unpaired) electrons. The Morgan fingerprint density at radius 3 is 2.52 bits per heavy atom. The zero-order chi connectivity index (χ0) is 17.0. The Morgan fingerprint density at radius 2 is 1.87 bits per heavy atom. The van der Waals surface area contributed by atoms with Crippen molar-refractivity contribution in [2.75, 3.05) is 10.6 Å². The van der Waals surface area contributed by atoms with Gasteiger partial charge in [0.25, 0.3) is 5.91 Å². The number of hydrogen-bond acceptors (Lipinski definition) is 4. The zero-order valence-electron chi connectivity index (χ0n) is 14.4. The van der Waals surface area contributed by atoms with Crippen LogP contribution in [0.4, 0.5) is 11.5 Å². The standard InChI is InChI=1S/C18H24N4O/c1-6-13-9-7-8-10-14(13)21-17(23)15-11-16(20-12(2)19-15)22-18(3,4)5/h7-11H,6H2,1-5H3,(H,21,23)(H,19,20,22). The van der Waals surface area contributed by atoms with Gasteiger partial charge in [-0.2, -0.15) is 0 Å². The summed E-state index contributed by atoms with van der Waals surface area (Å²) in [4.78, 5) is 21.1. The summed E-state index contributed by atoms with van der Waals surface area (Å²) in [5, 5.41) is 6.21. The average Bonchev–Trinajstić information content (AvgIpc) is 2.45. The van der Waals surface area contributed by atoms with Gasteiger partial charge >= 0.3 is 0 Å². The van der Waals surface area contributed by atoms with Crippen LogP contribution in [0.25, 0.3) is 0 Å².